The van der Waals surface area contributed by atoms with Crippen LogP contribution in [-0.4, -0.2) is 29.1 Å². The number of piperidine rings is 1. The first kappa shape index (κ1) is 14.1. The standard InChI is InChI=1S/C16H20N2O3/c19-15(9-10-7-13-5-6-14(8-10)17-13)18-12-3-1-11(2-4-12)16(20)21/h1-4,10,13-14,17H,5-9H2,(H,18,19)(H,20,21). The molecule has 2 bridgehead atoms. The third-order valence-corrected chi connectivity index (χ3v) is 4.46. The third-order valence-electron chi connectivity index (χ3n) is 4.46. The van der Waals surface area contributed by atoms with Crippen LogP contribution in [0.15, 0.2) is 24.3 Å². The summed E-state index contributed by atoms with van der Waals surface area (Å²) in [5.74, 6) is -0.482. The lowest BCUT2D eigenvalue weighted by Gasteiger charge is -2.28. The molecule has 5 heteroatoms. The Morgan fingerprint density at radius 3 is 2.33 bits per heavy atom. The molecule has 1 aromatic rings. The van der Waals surface area contributed by atoms with Crippen LogP contribution < -0.4 is 10.6 Å². The number of fused-ring (bicyclic) bond motifs is 2. The van der Waals surface area contributed by atoms with E-state index in [9.17, 15) is 9.59 Å². The van der Waals surface area contributed by atoms with Gasteiger partial charge < -0.3 is 15.7 Å². The fourth-order valence-corrected chi connectivity index (χ4v) is 3.51. The average molecular weight is 288 g/mol. The van der Waals surface area contributed by atoms with E-state index in [0.29, 0.717) is 30.1 Å². The summed E-state index contributed by atoms with van der Waals surface area (Å²) in [7, 11) is 0. The van der Waals surface area contributed by atoms with Gasteiger partial charge in [-0.25, -0.2) is 4.79 Å². The number of benzene rings is 1. The van der Waals surface area contributed by atoms with Crippen molar-refractivity contribution in [3.05, 3.63) is 29.8 Å². The Balaban J connectivity index is 1.53. The summed E-state index contributed by atoms with van der Waals surface area (Å²) < 4.78 is 0. The van der Waals surface area contributed by atoms with Crippen molar-refractivity contribution in [1.29, 1.82) is 0 Å². The van der Waals surface area contributed by atoms with Crippen LogP contribution in [0.3, 0.4) is 0 Å². The van der Waals surface area contributed by atoms with Gasteiger partial charge in [-0.2, -0.15) is 0 Å². The van der Waals surface area contributed by atoms with Gasteiger partial charge in [0.1, 0.15) is 0 Å². The van der Waals surface area contributed by atoms with Crippen LogP contribution >= 0.6 is 0 Å². The highest BCUT2D eigenvalue weighted by Crippen LogP contribution is 2.32. The van der Waals surface area contributed by atoms with Gasteiger partial charge in [0.2, 0.25) is 5.91 Å². The molecule has 0 aromatic heterocycles. The third kappa shape index (κ3) is 3.42. The number of carbonyl (C=O) groups is 2. The van der Waals surface area contributed by atoms with Crippen LogP contribution in [0.5, 0.6) is 0 Å². The molecule has 1 aromatic carbocycles. The number of rotatable bonds is 4. The SMILES string of the molecule is O=C(CC1CC2CCC(C1)N2)Nc1ccc(C(=O)O)cc1. The number of aromatic carboxylic acids is 1. The zero-order valence-corrected chi connectivity index (χ0v) is 11.8. The second-order valence-corrected chi connectivity index (χ2v) is 6.11. The molecule has 2 atom stereocenters. The molecule has 0 spiro atoms. The largest absolute Gasteiger partial charge is 0.478 e. The zero-order chi connectivity index (χ0) is 14.8. The van der Waals surface area contributed by atoms with E-state index in [-0.39, 0.29) is 11.5 Å². The molecule has 2 unspecified atom stereocenters. The van der Waals surface area contributed by atoms with Crippen LogP contribution in [0, 0.1) is 5.92 Å². The highest BCUT2D eigenvalue weighted by Gasteiger charge is 2.34. The molecule has 3 rings (SSSR count). The fourth-order valence-electron chi connectivity index (χ4n) is 3.51. The van der Waals surface area contributed by atoms with Crippen molar-refractivity contribution < 1.29 is 14.7 Å². The van der Waals surface area contributed by atoms with Crippen molar-refractivity contribution in [2.75, 3.05) is 5.32 Å². The van der Waals surface area contributed by atoms with Gasteiger partial charge in [-0.3, -0.25) is 4.79 Å². The van der Waals surface area contributed by atoms with Gasteiger partial charge in [0.25, 0.3) is 0 Å². The topological polar surface area (TPSA) is 78.4 Å². The minimum atomic E-state index is -0.960. The first-order valence-electron chi connectivity index (χ1n) is 7.49. The zero-order valence-electron chi connectivity index (χ0n) is 11.8. The van der Waals surface area contributed by atoms with E-state index in [1.165, 1.54) is 25.0 Å². The Morgan fingerprint density at radius 1 is 1.14 bits per heavy atom. The van der Waals surface area contributed by atoms with Crippen molar-refractivity contribution in [1.82, 2.24) is 5.32 Å². The Kier molecular flexibility index (Phi) is 3.92. The normalized spacial score (nSPS) is 27.3. The molecule has 1 amide bonds. The summed E-state index contributed by atoms with van der Waals surface area (Å²) in [6, 6.07) is 7.46. The second-order valence-electron chi connectivity index (χ2n) is 6.11. The smallest absolute Gasteiger partial charge is 0.335 e. The van der Waals surface area contributed by atoms with Crippen LogP contribution in [0.2, 0.25) is 0 Å². The van der Waals surface area contributed by atoms with Crippen molar-refractivity contribution in [2.45, 2.75) is 44.2 Å². The predicted octanol–water partition coefficient (Wildman–Crippen LogP) is 2.24. The van der Waals surface area contributed by atoms with Gasteiger partial charge in [-0.15, -0.1) is 0 Å². The number of nitrogens with one attached hydrogen (secondary N) is 2. The molecule has 3 N–H and O–H groups in total. The Hall–Kier alpha value is -1.88. The summed E-state index contributed by atoms with van der Waals surface area (Å²) in [5.41, 5.74) is 0.879. The number of hydrogen-bond acceptors (Lipinski definition) is 3. The van der Waals surface area contributed by atoms with E-state index in [1.54, 1.807) is 12.1 Å². The number of hydrogen-bond donors (Lipinski definition) is 3. The average Bonchev–Trinajstić information content (AvgIpc) is 2.78. The van der Waals surface area contributed by atoms with Crippen molar-refractivity contribution in [3.63, 3.8) is 0 Å². The maximum Gasteiger partial charge on any atom is 0.335 e. The molecule has 2 fully saturated rings. The van der Waals surface area contributed by atoms with Gasteiger partial charge in [-0.05, 0) is 55.9 Å². The van der Waals surface area contributed by atoms with Gasteiger partial charge in [0.05, 0.1) is 5.56 Å². The highest BCUT2D eigenvalue weighted by atomic mass is 16.4. The van der Waals surface area contributed by atoms with Crippen LogP contribution in [0.25, 0.3) is 0 Å². The summed E-state index contributed by atoms with van der Waals surface area (Å²) in [6.07, 6.45) is 5.19. The number of carboxylic acids is 1. The van der Waals surface area contributed by atoms with Crippen molar-refractivity contribution >= 4 is 17.6 Å². The van der Waals surface area contributed by atoms with Gasteiger partial charge >= 0.3 is 5.97 Å². The lowest BCUT2D eigenvalue weighted by molar-refractivity contribution is -0.117. The van der Waals surface area contributed by atoms with E-state index in [2.05, 4.69) is 10.6 Å². The molecule has 21 heavy (non-hydrogen) atoms. The number of carbonyl (C=O) groups excluding carboxylic acids is 1. The maximum absolute atomic E-state index is 12.1. The molecule has 2 saturated heterocycles. The molecule has 0 aliphatic carbocycles. The Morgan fingerprint density at radius 2 is 1.76 bits per heavy atom. The molecule has 112 valence electrons. The highest BCUT2D eigenvalue weighted by molar-refractivity contribution is 5.92. The van der Waals surface area contributed by atoms with Crippen LogP contribution in [-0.2, 0) is 4.79 Å². The summed E-state index contributed by atoms with van der Waals surface area (Å²) in [4.78, 5) is 22.9. The maximum atomic E-state index is 12.1. The number of anilines is 1. The number of carboxylic acid groups (broad SMARTS) is 1. The lowest BCUT2D eigenvalue weighted by atomic mass is 9.89. The van der Waals surface area contributed by atoms with E-state index in [0.717, 1.165) is 12.8 Å². The van der Waals surface area contributed by atoms with E-state index in [1.807, 2.05) is 0 Å². The quantitative estimate of drug-likeness (QED) is 0.794. The van der Waals surface area contributed by atoms with Gasteiger partial charge in [0.15, 0.2) is 0 Å². The predicted molar refractivity (Wildman–Crippen MR) is 79.3 cm³/mol. The van der Waals surface area contributed by atoms with Crippen molar-refractivity contribution in [2.24, 2.45) is 5.92 Å². The van der Waals surface area contributed by atoms with E-state index >= 15 is 0 Å². The van der Waals surface area contributed by atoms with E-state index < -0.39 is 5.97 Å². The Bertz CT molecular complexity index is 529. The molecule has 0 radical (unpaired) electrons. The summed E-state index contributed by atoms with van der Waals surface area (Å²) in [6.45, 7) is 0. The monoisotopic (exact) mass is 288 g/mol. The molecular formula is C16H20N2O3. The molecule has 2 aliphatic heterocycles. The van der Waals surface area contributed by atoms with Gasteiger partial charge in [-0.1, -0.05) is 0 Å². The molecule has 5 nitrogen and oxygen atoms in total. The molecule has 2 aliphatic rings. The fraction of sp³-hybridized carbons (Fsp3) is 0.500. The summed E-state index contributed by atoms with van der Waals surface area (Å²) in [5, 5.41) is 15.3. The molecule has 2 heterocycles. The minimum absolute atomic E-state index is 0.0179. The van der Waals surface area contributed by atoms with Crippen molar-refractivity contribution in [3.8, 4) is 0 Å². The Labute approximate surface area is 123 Å². The second kappa shape index (κ2) is 5.85. The first-order valence-corrected chi connectivity index (χ1v) is 7.49. The first-order chi connectivity index (χ1) is 10.1. The molecular weight excluding hydrogens is 268 g/mol. The van der Waals surface area contributed by atoms with Crippen LogP contribution in [0.1, 0.15) is 42.5 Å². The lowest BCUT2D eigenvalue weighted by Crippen LogP contribution is -2.39. The van der Waals surface area contributed by atoms with Crippen LogP contribution in [0.4, 0.5) is 5.69 Å². The minimum Gasteiger partial charge on any atom is -0.478 e. The van der Waals surface area contributed by atoms with Gasteiger partial charge in [0, 0.05) is 24.2 Å². The molecule has 0 saturated carbocycles. The summed E-state index contributed by atoms with van der Waals surface area (Å²) >= 11 is 0. The van der Waals surface area contributed by atoms with E-state index in [4.69, 9.17) is 5.11 Å². The number of amides is 1.